The molecular formula is C13H11ClNO2P. The number of para-hydroxylation sites is 2. The molecule has 18 heavy (non-hydrogen) atoms. The summed E-state index contributed by atoms with van der Waals surface area (Å²) in [7, 11) is 0. The molecule has 5 heteroatoms. The minimum Gasteiger partial charge on any atom is -0.342 e. The first kappa shape index (κ1) is 11.6. The summed E-state index contributed by atoms with van der Waals surface area (Å²) in [5, 5.41) is 2.11. The fourth-order valence-electron chi connectivity index (χ4n) is 2.12. The molecule has 1 atom stereocenters. The van der Waals surface area contributed by atoms with Crippen molar-refractivity contribution in [1.29, 1.82) is 0 Å². The van der Waals surface area contributed by atoms with Crippen LogP contribution in [0.5, 0.6) is 0 Å². The van der Waals surface area contributed by atoms with Crippen LogP contribution in [-0.4, -0.2) is 11.4 Å². The van der Waals surface area contributed by atoms with E-state index in [-0.39, 0.29) is 0 Å². The summed E-state index contributed by atoms with van der Waals surface area (Å²) in [5.41, 5.74) is 1.72. The first-order valence-corrected chi connectivity index (χ1v) is 8.49. The number of aromatic nitrogens is 1. The molecule has 0 amide bonds. The van der Waals surface area contributed by atoms with Crippen LogP contribution in [0.25, 0.3) is 21.8 Å². The highest BCUT2D eigenvalue weighted by atomic mass is 35.7. The molecule has 0 saturated heterocycles. The number of halogens is 1. The standard InChI is InChI=1S/C13H11ClNO2P/c1-18(14,16)17-15-12-8-4-2-6-10(12)11-7-3-5-9-13(11)15/h2-9H,1H3. The molecule has 0 fully saturated rings. The lowest BCUT2D eigenvalue weighted by molar-refractivity contribution is 0.313. The summed E-state index contributed by atoms with van der Waals surface area (Å²) < 4.78 is 18.7. The van der Waals surface area contributed by atoms with E-state index in [4.69, 9.17) is 15.9 Å². The zero-order chi connectivity index (χ0) is 12.8. The van der Waals surface area contributed by atoms with Gasteiger partial charge in [-0.1, -0.05) is 36.4 Å². The van der Waals surface area contributed by atoms with E-state index >= 15 is 0 Å². The van der Waals surface area contributed by atoms with Crippen LogP contribution in [0.1, 0.15) is 0 Å². The van der Waals surface area contributed by atoms with Gasteiger partial charge in [0.15, 0.2) is 0 Å². The molecule has 0 aliphatic carbocycles. The zero-order valence-electron chi connectivity index (χ0n) is 9.71. The van der Waals surface area contributed by atoms with E-state index in [1.807, 2.05) is 48.5 Å². The first-order valence-electron chi connectivity index (χ1n) is 5.52. The van der Waals surface area contributed by atoms with E-state index in [0.29, 0.717) is 0 Å². The molecule has 3 rings (SSSR count). The molecule has 1 unspecified atom stereocenters. The molecule has 2 aromatic carbocycles. The number of nitrogens with zero attached hydrogens (tertiary/aromatic N) is 1. The van der Waals surface area contributed by atoms with Crippen molar-refractivity contribution in [3.8, 4) is 0 Å². The Kier molecular flexibility index (Phi) is 2.61. The summed E-state index contributed by atoms with van der Waals surface area (Å²) in [6.07, 6.45) is 0. The van der Waals surface area contributed by atoms with Gasteiger partial charge in [-0.3, -0.25) is 4.57 Å². The third-order valence-corrected chi connectivity index (χ3v) is 3.40. The summed E-state index contributed by atoms with van der Waals surface area (Å²) in [6, 6.07) is 15.6. The lowest BCUT2D eigenvalue weighted by atomic mass is 10.2. The van der Waals surface area contributed by atoms with Gasteiger partial charge < -0.3 is 4.62 Å². The fourth-order valence-corrected chi connectivity index (χ4v) is 2.77. The van der Waals surface area contributed by atoms with Crippen molar-refractivity contribution in [1.82, 2.24) is 4.73 Å². The van der Waals surface area contributed by atoms with Gasteiger partial charge in [0, 0.05) is 17.4 Å². The van der Waals surface area contributed by atoms with Crippen molar-refractivity contribution < 1.29 is 9.19 Å². The van der Waals surface area contributed by atoms with Crippen LogP contribution in [0, 0.1) is 0 Å². The summed E-state index contributed by atoms with van der Waals surface area (Å²) >= 11 is 5.74. The second-order valence-corrected chi connectivity index (χ2v) is 7.66. The van der Waals surface area contributed by atoms with Crippen molar-refractivity contribution in [2.45, 2.75) is 0 Å². The molecule has 0 N–H and O–H groups in total. The normalized spacial score (nSPS) is 14.8. The minimum absolute atomic E-state index is 0.862. The second-order valence-electron chi connectivity index (χ2n) is 4.16. The average Bonchev–Trinajstić information content (AvgIpc) is 2.64. The van der Waals surface area contributed by atoms with Gasteiger partial charge >= 0.3 is 6.72 Å². The van der Waals surface area contributed by atoms with Crippen molar-refractivity contribution in [3.05, 3.63) is 48.5 Å². The molecular weight excluding hydrogens is 269 g/mol. The second kappa shape index (κ2) is 4.04. The van der Waals surface area contributed by atoms with Gasteiger partial charge in [0.2, 0.25) is 0 Å². The Labute approximate surface area is 109 Å². The predicted octanol–water partition coefficient (Wildman–Crippen LogP) is 4.28. The topological polar surface area (TPSA) is 31.2 Å². The van der Waals surface area contributed by atoms with E-state index in [2.05, 4.69) is 0 Å². The zero-order valence-corrected chi connectivity index (χ0v) is 11.4. The molecule has 1 heterocycles. The van der Waals surface area contributed by atoms with Crippen molar-refractivity contribution >= 4 is 39.8 Å². The lowest BCUT2D eigenvalue weighted by Crippen LogP contribution is -2.05. The van der Waals surface area contributed by atoms with Crippen LogP contribution in [0.2, 0.25) is 0 Å². The molecule has 0 aliphatic rings. The maximum Gasteiger partial charge on any atom is 0.353 e. The highest BCUT2D eigenvalue weighted by molar-refractivity contribution is 7.84. The Morgan fingerprint density at radius 3 is 1.89 bits per heavy atom. The number of hydrogen-bond acceptors (Lipinski definition) is 2. The van der Waals surface area contributed by atoms with Crippen LogP contribution in [0.3, 0.4) is 0 Å². The smallest absolute Gasteiger partial charge is 0.342 e. The molecule has 0 radical (unpaired) electrons. The van der Waals surface area contributed by atoms with Crippen LogP contribution < -0.4 is 4.62 Å². The molecule has 0 spiro atoms. The number of fused-ring (bicyclic) bond motifs is 3. The highest BCUT2D eigenvalue weighted by Crippen LogP contribution is 2.46. The predicted molar refractivity (Wildman–Crippen MR) is 75.4 cm³/mol. The van der Waals surface area contributed by atoms with Crippen molar-refractivity contribution in [3.63, 3.8) is 0 Å². The van der Waals surface area contributed by atoms with Crippen LogP contribution in [0.4, 0.5) is 0 Å². The third kappa shape index (κ3) is 1.90. The van der Waals surface area contributed by atoms with Gasteiger partial charge in [0.1, 0.15) is 0 Å². The SMILES string of the molecule is CP(=O)(Cl)On1c2ccccc2c2ccccc21. The van der Waals surface area contributed by atoms with E-state index in [9.17, 15) is 4.57 Å². The Morgan fingerprint density at radius 2 is 1.44 bits per heavy atom. The molecule has 92 valence electrons. The maximum absolute atomic E-state index is 11.7. The van der Waals surface area contributed by atoms with Gasteiger partial charge in [0.25, 0.3) is 0 Å². The van der Waals surface area contributed by atoms with Crippen LogP contribution >= 0.6 is 18.0 Å². The Balaban J connectivity index is 2.42. The molecule has 0 saturated carbocycles. The monoisotopic (exact) mass is 279 g/mol. The van der Waals surface area contributed by atoms with E-state index in [0.717, 1.165) is 21.8 Å². The number of rotatable bonds is 2. The highest BCUT2D eigenvalue weighted by Gasteiger charge is 2.17. The molecule has 1 aromatic heterocycles. The molecule has 0 aliphatic heterocycles. The Morgan fingerprint density at radius 1 is 1.00 bits per heavy atom. The third-order valence-electron chi connectivity index (χ3n) is 2.76. The van der Waals surface area contributed by atoms with Crippen LogP contribution in [0.15, 0.2) is 48.5 Å². The molecule has 3 aromatic rings. The van der Waals surface area contributed by atoms with Crippen molar-refractivity contribution in [2.75, 3.05) is 6.66 Å². The summed E-state index contributed by atoms with van der Waals surface area (Å²) in [5.74, 6) is 0. The van der Waals surface area contributed by atoms with Gasteiger partial charge in [-0.2, -0.15) is 4.73 Å². The van der Waals surface area contributed by atoms with E-state index in [1.54, 1.807) is 4.73 Å². The number of benzene rings is 2. The van der Waals surface area contributed by atoms with Gasteiger partial charge in [-0.05, 0) is 23.4 Å². The largest absolute Gasteiger partial charge is 0.353 e. The molecule has 0 bridgehead atoms. The van der Waals surface area contributed by atoms with Gasteiger partial charge in [-0.15, -0.1) is 0 Å². The average molecular weight is 280 g/mol. The van der Waals surface area contributed by atoms with E-state index < -0.39 is 6.72 Å². The Bertz CT molecular complexity index is 722. The van der Waals surface area contributed by atoms with E-state index in [1.165, 1.54) is 6.66 Å². The molecule has 3 nitrogen and oxygen atoms in total. The number of hydrogen-bond donors (Lipinski definition) is 0. The Hall–Kier alpha value is -1.44. The van der Waals surface area contributed by atoms with Gasteiger partial charge in [0.05, 0.1) is 11.0 Å². The lowest BCUT2D eigenvalue weighted by Gasteiger charge is -2.10. The summed E-state index contributed by atoms with van der Waals surface area (Å²) in [6.45, 7) is -1.74. The van der Waals surface area contributed by atoms with Crippen LogP contribution in [-0.2, 0) is 4.57 Å². The van der Waals surface area contributed by atoms with Gasteiger partial charge in [-0.25, -0.2) is 0 Å². The maximum atomic E-state index is 11.7. The summed E-state index contributed by atoms with van der Waals surface area (Å²) in [4.78, 5) is 0. The quantitative estimate of drug-likeness (QED) is 0.656. The first-order chi connectivity index (χ1) is 8.56. The minimum atomic E-state index is -3.13. The fraction of sp³-hybridized carbons (Fsp3) is 0.0769. The van der Waals surface area contributed by atoms with Crippen molar-refractivity contribution in [2.24, 2.45) is 0 Å².